The molecule has 1 amide bonds. The van der Waals surface area contributed by atoms with Crippen LogP contribution in [0, 0.1) is 5.82 Å². The fourth-order valence-corrected chi connectivity index (χ4v) is 2.15. The predicted molar refractivity (Wildman–Crippen MR) is 64.5 cm³/mol. The second-order valence-corrected chi connectivity index (χ2v) is 4.54. The second-order valence-electron chi connectivity index (χ2n) is 4.13. The number of carbonyl (C=O) groups excluding carboxylic acids is 1. The lowest BCUT2D eigenvalue weighted by Crippen LogP contribution is -2.37. The molecule has 5 heteroatoms. The summed E-state index contributed by atoms with van der Waals surface area (Å²) in [5.41, 5.74) is 0.262. The van der Waals surface area contributed by atoms with Crippen LogP contribution in [0.5, 0.6) is 0 Å². The van der Waals surface area contributed by atoms with Gasteiger partial charge in [0.2, 0.25) is 5.91 Å². The van der Waals surface area contributed by atoms with Crippen LogP contribution in [0.25, 0.3) is 0 Å². The van der Waals surface area contributed by atoms with E-state index in [0.29, 0.717) is 5.02 Å². The summed E-state index contributed by atoms with van der Waals surface area (Å²) in [6.07, 6.45) is 0.902. The molecule has 3 nitrogen and oxygen atoms in total. The van der Waals surface area contributed by atoms with Crippen molar-refractivity contribution >= 4 is 17.5 Å². The van der Waals surface area contributed by atoms with Crippen LogP contribution in [0.4, 0.5) is 4.39 Å². The first-order chi connectivity index (χ1) is 8.16. The van der Waals surface area contributed by atoms with Crippen LogP contribution in [-0.4, -0.2) is 25.0 Å². The average molecular weight is 257 g/mol. The molecular weight excluding hydrogens is 243 g/mol. The highest BCUT2D eigenvalue weighted by Crippen LogP contribution is 2.19. The summed E-state index contributed by atoms with van der Waals surface area (Å²) >= 11 is 5.86. The van der Waals surface area contributed by atoms with Gasteiger partial charge in [0.25, 0.3) is 0 Å². The summed E-state index contributed by atoms with van der Waals surface area (Å²) in [4.78, 5) is 11.7. The first-order valence-corrected chi connectivity index (χ1v) is 5.97. The van der Waals surface area contributed by atoms with Gasteiger partial charge in [-0.2, -0.15) is 0 Å². The number of carbonyl (C=O) groups is 1. The zero-order chi connectivity index (χ0) is 12.3. The zero-order valence-corrected chi connectivity index (χ0v) is 10.1. The van der Waals surface area contributed by atoms with Crippen molar-refractivity contribution in [3.8, 4) is 0 Å². The van der Waals surface area contributed by atoms with Crippen molar-refractivity contribution in [1.82, 2.24) is 10.6 Å². The van der Waals surface area contributed by atoms with Gasteiger partial charge in [-0.15, -0.1) is 0 Å². The SMILES string of the molecule is O=C(Cc1c(F)cccc1Cl)N[C@H]1CCNC1. The summed E-state index contributed by atoms with van der Waals surface area (Å²) in [6, 6.07) is 4.57. The molecule has 1 heterocycles. The number of amides is 1. The third-order valence-electron chi connectivity index (χ3n) is 2.82. The molecule has 0 aromatic heterocycles. The molecule has 1 atom stereocenters. The van der Waals surface area contributed by atoms with E-state index in [1.165, 1.54) is 12.1 Å². The zero-order valence-electron chi connectivity index (χ0n) is 9.30. The van der Waals surface area contributed by atoms with Gasteiger partial charge in [-0.05, 0) is 25.1 Å². The highest BCUT2D eigenvalue weighted by molar-refractivity contribution is 6.31. The Balaban J connectivity index is 1.97. The van der Waals surface area contributed by atoms with E-state index in [2.05, 4.69) is 10.6 Å². The predicted octanol–water partition coefficient (Wildman–Crippen LogP) is 1.50. The third kappa shape index (κ3) is 3.17. The highest BCUT2D eigenvalue weighted by atomic mass is 35.5. The lowest BCUT2D eigenvalue weighted by molar-refractivity contribution is -0.121. The van der Waals surface area contributed by atoms with Crippen LogP contribution in [0.1, 0.15) is 12.0 Å². The second kappa shape index (κ2) is 5.47. The van der Waals surface area contributed by atoms with Gasteiger partial charge in [0, 0.05) is 23.2 Å². The fraction of sp³-hybridized carbons (Fsp3) is 0.417. The maximum Gasteiger partial charge on any atom is 0.224 e. The molecule has 2 N–H and O–H groups in total. The van der Waals surface area contributed by atoms with Crippen LogP contribution in [0.2, 0.25) is 5.02 Å². The quantitative estimate of drug-likeness (QED) is 0.861. The molecule has 1 aromatic rings. The van der Waals surface area contributed by atoms with Crippen LogP contribution in [0.3, 0.4) is 0 Å². The van der Waals surface area contributed by atoms with Crippen molar-refractivity contribution in [3.63, 3.8) is 0 Å². The Kier molecular flexibility index (Phi) is 3.97. The highest BCUT2D eigenvalue weighted by Gasteiger charge is 2.18. The molecule has 0 saturated carbocycles. The van der Waals surface area contributed by atoms with Gasteiger partial charge >= 0.3 is 0 Å². The normalized spacial score (nSPS) is 19.3. The Morgan fingerprint density at radius 1 is 1.59 bits per heavy atom. The van der Waals surface area contributed by atoms with Gasteiger partial charge in [-0.3, -0.25) is 4.79 Å². The largest absolute Gasteiger partial charge is 0.352 e. The molecule has 92 valence electrons. The molecular formula is C12H14ClFN2O. The smallest absolute Gasteiger partial charge is 0.224 e. The number of nitrogens with one attached hydrogen (secondary N) is 2. The van der Waals surface area contributed by atoms with Crippen LogP contribution in [-0.2, 0) is 11.2 Å². The Labute approximate surface area is 104 Å². The Hall–Kier alpha value is -1.13. The molecule has 1 fully saturated rings. The summed E-state index contributed by atoms with van der Waals surface area (Å²) in [5.74, 6) is -0.622. The summed E-state index contributed by atoms with van der Waals surface area (Å²) in [6.45, 7) is 1.68. The molecule has 1 saturated heterocycles. The van der Waals surface area contributed by atoms with E-state index in [1.807, 2.05) is 0 Å². The van der Waals surface area contributed by atoms with Crippen molar-refractivity contribution in [3.05, 3.63) is 34.6 Å². The number of benzene rings is 1. The molecule has 17 heavy (non-hydrogen) atoms. The molecule has 0 spiro atoms. The van der Waals surface area contributed by atoms with E-state index >= 15 is 0 Å². The first kappa shape index (κ1) is 12.3. The Morgan fingerprint density at radius 2 is 2.41 bits per heavy atom. The molecule has 1 aliphatic rings. The molecule has 0 radical (unpaired) electrons. The molecule has 1 aliphatic heterocycles. The van der Waals surface area contributed by atoms with Crippen molar-refractivity contribution < 1.29 is 9.18 Å². The topological polar surface area (TPSA) is 41.1 Å². The van der Waals surface area contributed by atoms with Crippen LogP contribution in [0.15, 0.2) is 18.2 Å². The van der Waals surface area contributed by atoms with E-state index in [9.17, 15) is 9.18 Å². The number of hydrogen-bond donors (Lipinski definition) is 2. The molecule has 2 rings (SSSR count). The van der Waals surface area contributed by atoms with Gasteiger partial charge in [0.15, 0.2) is 0 Å². The third-order valence-corrected chi connectivity index (χ3v) is 3.18. The summed E-state index contributed by atoms with van der Waals surface area (Å²) in [7, 11) is 0. The van der Waals surface area contributed by atoms with E-state index in [-0.39, 0.29) is 23.9 Å². The first-order valence-electron chi connectivity index (χ1n) is 5.60. The van der Waals surface area contributed by atoms with Crippen molar-refractivity contribution in [2.75, 3.05) is 13.1 Å². The van der Waals surface area contributed by atoms with E-state index in [4.69, 9.17) is 11.6 Å². The van der Waals surface area contributed by atoms with Crippen LogP contribution < -0.4 is 10.6 Å². The summed E-state index contributed by atoms with van der Waals surface area (Å²) < 4.78 is 13.4. The lowest BCUT2D eigenvalue weighted by atomic mass is 10.1. The standard InChI is InChI=1S/C12H14ClFN2O/c13-10-2-1-3-11(14)9(10)6-12(17)16-8-4-5-15-7-8/h1-3,8,15H,4-7H2,(H,16,17)/t8-/m0/s1. The van der Waals surface area contributed by atoms with Gasteiger partial charge in [0.05, 0.1) is 6.42 Å². The summed E-state index contributed by atoms with van der Waals surface area (Å²) in [5, 5.41) is 6.30. The average Bonchev–Trinajstić information content (AvgIpc) is 2.76. The van der Waals surface area contributed by atoms with E-state index < -0.39 is 5.82 Å². The maximum absolute atomic E-state index is 13.4. The number of hydrogen-bond acceptors (Lipinski definition) is 2. The van der Waals surface area contributed by atoms with Gasteiger partial charge in [-0.25, -0.2) is 4.39 Å². The molecule has 0 aliphatic carbocycles. The molecule has 0 bridgehead atoms. The Bertz CT molecular complexity index is 399. The van der Waals surface area contributed by atoms with Crippen LogP contribution >= 0.6 is 11.6 Å². The van der Waals surface area contributed by atoms with E-state index in [1.54, 1.807) is 6.07 Å². The van der Waals surface area contributed by atoms with Gasteiger partial charge in [-0.1, -0.05) is 17.7 Å². The van der Waals surface area contributed by atoms with Crippen molar-refractivity contribution in [1.29, 1.82) is 0 Å². The van der Waals surface area contributed by atoms with Gasteiger partial charge < -0.3 is 10.6 Å². The Morgan fingerprint density at radius 3 is 3.06 bits per heavy atom. The monoisotopic (exact) mass is 256 g/mol. The maximum atomic E-state index is 13.4. The fourth-order valence-electron chi connectivity index (χ4n) is 1.92. The minimum Gasteiger partial charge on any atom is -0.352 e. The van der Waals surface area contributed by atoms with Crippen molar-refractivity contribution in [2.24, 2.45) is 0 Å². The van der Waals surface area contributed by atoms with Gasteiger partial charge in [0.1, 0.15) is 5.82 Å². The number of halogens is 2. The van der Waals surface area contributed by atoms with Crippen molar-refractivity contribution in [2.45, 2.75) is 18.9 Å². The minimum atomic E-state index is -0.433. The minimum absolute atomic E-state index is 0.0119. The molecule has 1 aromatic carbocycles. The van der Waals surface area contributed by atoms with E-state index in [0.717, 1.165) is 19.5 Å². The number of rotatable bonds is 3. The lowest BCUT2D eigenvalue weighted by Gasteiger charge is -2.12. The molecule has 0 unspecified atom stereocenters.